The summed E-state index contributed by atoms with van der Waals surface area (Å²) in [5.41, 5.74) is 0.969. The molecule has 1 N–H and O–H groups in total. The zero-order valence-electron chi connectivity index (χ0n) is 13.3. The van der Waals surface area contributed by atoms with E-state index in [1.165, 1.54) is 0 Å². The second-order valence-corrected chi connectivity index (χ2v) is 5.82. The van der Waals surface area contributed by atoms with Crippen LogP contribution in [0.1, 0.15) is 31.7 Å². The maximum absolute atomic E-state index is 12.3. The van der Waals surface area contributed by atoms with Crippen LogP contribution in [0, 0.1) is 0 Å². The van der Waals surface area contributed by atoms with Crippen molar-refractivity contribution in [2.24, 2.45) is 0 Å². The lowest BCUT2D eigenvalue weighted by molar-refractivity contribution is -0.145. The first-order valence-electron chi connectivity index (χ1n) is 7.82. The van der Waals surface area contributed by atoms with Crippen molar-refractivity contribution in [2.75, 3.05) is 20.3 Å². The van der Waals surface area contributed by atoms with Crippen LogP contribution in [0.15, 0.2) is 24.3 Å². The maximum Gasteiger partial charge on any atom is 0.251 e. The average Bonchev–Trinajstić information content (AvgIpc) is 2.55. The molecule has 5 nitrogen and oxygen atoms in total. The van der Waals surface area contributed by atoms with Gasteiger partial charge in [0.15, 0.2) is 0 Å². The van der Waals surface area contributed by atoms with Crippen molar-refractivity contribution in [1.29, 1.82) is 0 Å². The Kier molecular flexibility index (Phi) is 6.21. The molecule has 1 aromatic carbocycles. The third-order valence-corrected chi connectivity index (χ3v) is 3.89. The number of hydrogen-bond donors (Lipinski definition) is 1. The number of carbonyl (C=O) groups excluding carboxylic acids is 1. The summed E-state index contributed by atoms with van der Waals surface area (Å²) in [6.45, 7) is 3.53. The van der Waals surface area contributed by atoms with Gasteiger partial charge in [0.25, 0.3) is 5.91 Å². The number of hydrogen-bond acceptors (Lipinski definition) is 4. The third kappa shape index (κ3) is 5.00. The Morgan fingerprint density at radius 3 is 2.77 bits per heavy atom. The van der Waals surface area contributed by atoms with Crippen molar-refractivity contribution < 1.29 is 19.4 Å². The molecule has 1 aliphatic heterocycles. The molecule has 1 aliphatic rings. The first kappa shape index (κ1) is 16.8. The van der Waals surface area contributed by atoms with Crippen LogP contribution >= 0.6 is 0 Å². The molecule has 2 unspecified atom stereocenters. The summed E-state index contributed by atoms with van der Waals surface area (Å²) in [6.07, 6.45) is 2.92. The molecular formula is C17H25NO4. The Bertz CT molecular complexity index is 468. The highest BCUT2D eigenvalue weighted by Crippen LogP contribution is 2.15. The molecular weight excluding hydrogens is 282 g/mol. The monoisotopic (exact) mass is 307 g/mol. The lowest BCUT2D eigenvalue weighted by Gasteiger charge is -2.26. The van der Waals surface area contributed by atoms with Crippen molar-refractivity contribution in [2.45, 2.75) is 44.9 Å². The standard InChI is InChI=1S/C17H25NO4/c1-13(22-12-16-5-3-4-10-21-16)17(20)18(2)11-14-6-8-15(19)9-7-14/h6-9,13,16,19H,3-5,10-12H2,1-2H3. The summed E-state index contributed by atoms with van der Waals surface area (Å²) >= 11 is 0. The van der Waals surface area contributed by atoms with E-state index in [9.17, 15) is 9.90 Å². The summed E-state index contributed by atoms with van der Waals surface area (Å²) in [5, 5.41) is 9.27. The fraction of sp³-hybridized carbons (Fsp3) is 0.588. The summed E-state index contributed by atoms with van der Waals surface area (Å²) in [6, 6.07) is 6.85. The molecule has 1 heterocycles. The molecule has 0 aliphatic carbocycles. The molecule has 2 rings (SSSR count). The SMILES string of the molecule is CC(OCC1CCCCO1)C(=O)N(C)Cc1ccc(O)cc1. The molecule has 0 aromatic heterocycles. The zero-order chi connectivity index (χ0) is 15.9. The van der Waals surface area contributed by atoms with Gasteiger partial charge in [-0.2, -0.15) is 0 Å². The Morgan fingerprint density at radius 2 is 2.14 bits per heavy atom. The smallest absolute Gasteiger partial charge is 0.251 e. The van der Waals surface area contributed by atoms with Crippen LogP contribution in [0.4, 0.5) is 0 Å². The highest BCUT2D eigenvalue weighted by molar-refractivity contribution is 5.80. The zero-order valence-corrected chi connectivity index (χ0v) is 13.3. The van der Waals surface area contributed by atoms with Gasteiger partial charge >= 0.3 is 0 Å². The normalized spacial score (nSPS) is 19.6. The van der Waals surface area contributed by atoms with E-state index in [2.05, 4.69) is 0 Å². The van der Waals surface area contributed by atoms with Crippen LogP contribution in [-0.4, -0.2) is 48.4 Å². The lowest BCUT2D eigenvalue weighted by Crippen LogP contribution is -2.37. The van der Waals surface area contributed by atoms with Crippen LogP contribution in [0.2, 0.25) is 0 Å². The van der Waals surface area contributed by atoms with Gasteiger partial charge in [-0.05, 0) is 43.9 Å². The Balaban J connectivity index is 1.77. The molecule has 1 aromatic rings. The highest BCUT2D eigenvalue weighted by atomic mass is 16.5. The van der Waals surface area contributed by atoms with Crippen LogP contribution in [0.5, 0.6) is 5.75 Å². The minimum Gasteiger partial charge on any atom is -0.508 e. The molecule has 0 saturated carbocycles. The highest BCUT2D eigenvalue weighted by Gasteiger charge is 2.21. The second kappa shape index (κ2) is 8.15. The summed E-state index contributed by atoms with van der Waals surface area (Å²) in [7, 11) is 1.76. The van der Waals surface area contributed by atoms with Gasteiger partial charge < -0.3 is 19.5 Å². The van der Waals surface area contributed by atoms with Gasteiger partial charge in [-0.1, -0.05) is 12.1 Å². The number of rotatable bonds is 6. The van der Waals surface area contributed by atoms with Crippen molar-refractivity contribution in [3.8, 4) is 5.75 Å². The van der Waals surface area contributed by atoms with Gasteiger partial charge in [0.2, 0.25) is 0 Å². The number of ether oxygens (including phenoxy) is 2. The predicted octanol–water partition coefficient (Wildman–Crippen LogP) is 2.32. The molecule has 1 saturated heterocycles. The maximum atomic E-state index is 12.3. The van der Waals surface area contributed by atoms with E-state index in [1.807, 2.05) is 0 Å². The number of phenols is 1. The number of aromatic hydroxyl groups is 1. The minimum atomic E-state index is -0.479. The lowest BCUT2D eigenvalue weighted by atomic mass is 10.1. The van der Waals surface area contributed by atoms with Gasteiger partial charge in [-0.15, -0.1) is 0 Å². The molecule has 0 radical (unpaired) electrons. The van der Waals surface area contributed by atoms with E-state index >= 15 is 0 Å². The predicted molar refractivity (Wildman–Crippen MR) is 83.6 cm³/mol. The van der Waals surface area contributed by atoms with Gasteiger partial charge in [0.05, 0.1) is 12.7 Å². The van der Waals surface area contributed by atoms with Gasteiger partial charge in [0, 0.05) is 20.2 Å². The molecule has 1 fully saturated rings. The molecule has 0 bridgehead atoms. The van der Waals surface area contributed by atoms with E-state index in [0.717, 1.165) is 31.4 Å². The van der Waals surface area contributed by atoms with E-state index in [4.69, 9.17) is 9.47 Å². The molecule has 5 heteroatoms. The second-order valence-electron chi connectivity index (χ2n) is 5.82. The number of benzene rings is 1. The molecule has 22 heavy (non-hydrogen) atoms. The number of amides is 1. The van der Waals surface area contributed by atoms with Gasteiger partial charge in [-0.25, -0.2) is 0 Å². The van der Waals surface area contributed by atoms with Crippen molar-refractivity contribution >= 4 is 5.91 Å². The van der Waals surface area contributed by atoms with Crippen molar-refractivity contribution in [3.63, 3.8) is 0 Å². The van der Waals surface area contributed by atoms with Crippen LogP contribution in [0.3, 0.4) is 0 Å². The van der Waals surface area contributed by atoms with E-state index in [1.54, 1.807) is 43.1 Å². The Labute approximate surface area is 131 Å². The molecule has 0 spiro atoms. The number of phenolic OH excluding ortho intramolecular Hbond substituents is 1. The molecule has 2 atom stereocenters. The van der Waals surface area contributed by atoms with Gasteiger partial charge in [0.1, 0.15) is 11.9 Å². The quantitative estimate of drug-likeness (QED) is 0.876. The number of nitrogens with zero attached hydrogens (tertiary/aromatic N) is 1. The average molecular weight is 307 g/mol. The van der Waals surface area contributed by atoms with Gasteiger partial charge in [-0.3, -0.25) is 4.79 Å². The van der Waals surface area contributed by atoms with Crippen molar-refractivity contribution in [1.82, 2.24) is 4.90 Å². The van der Waals surface area contributed by atoms with Crippen molar-refractivity contribution in [3.05, 3.63) is 29.8 Å². The first-order chi connectivity index (χ1) is 10.6. The minimum absolute atomic E-state index is 0.0520. The topological polar surface area (TPSA) is 59.0 Å². The number of likely N-dealkylation sites (N-methyl/N-ethyl adjacent to an activating group) is 1. The Morgan fingerprint density at radius 1 is 1.41 bits per heavy atom. The number of carbonyl (C=O) groups is 1. The van der Waals surface area contributed by atoms with Crippen LogP contribution in [-0.2, 0) is 20.8 Å². The summed E-state index contributed by atoms with van der Waals surface area (Å²) in [5.74, 6) is 0.172. The van der Waals surface area contributed by atoms with Crippen LogP contribution < -0.4 is 0 Å². The van der Waals surface area contributed by atoms with Crippen LogP contribution in [0.25, 0.3) is 0 Å². The molecule has 122 valence electrons. The summed E-state index contributed by atoms with van der Waals surface area (Å²) < 4.78 is 11.3. The van der Waals surface area contributed by atoms with E-state index in [0.29, 0.717) is 13.2 Å². The Hall–Kier alpha value is -1.59. The van der Waals surface area contributed by atoms with E-state index < -0.39 is 6.10 Å². The first-order valence-corrected chi connectivity index (χ1v) is 7.82. The summed E-state index contributed by atoms with van der Waals surface area (Å²) in [4.78, 5) is 13.9. The molecule has 1 amide bonds. The fourth-order valence-electron chi connectivity index (χ4n) is 2.53. The largest absolute Gasteiger partial charge is 0.508 e. The fourth-order valence-corrected chi connectivity index (χ4v) is 2.53. The third-order valence-electron chi connectivity index (χ3n) is 3.89. The van der Waals surface area contributed by atoms with E-state index in [-0.39, 0.29) is 17.8 Å².